The number of benzene rings is 3. The Morgan fingerprint density at radius 2 is 1.71 bits per heavy atom. The molecule has 0 atom stereocenters. The second kappa shape index (κ2) is 8.43. The lowest BCUT2D eigenvalue weighted by molar-refractivity contribution is 0.0966. The van der Waals surface area contributed by atoms with Crippen LogP contribution in [0.5, 0.6) is 0 Å². The molecule has 0 bridgehead atoms. The highest BCUT2D eigenvalue weighted by Crippen LogP contribution is 2.36. The molecule has 1 aliphatic rings. The van der Waals surface area contributed by atoms with Gasteiger partial charge in [-0.1, -0.05) is 12.1 Å². The fourth-order valence-electron chi connectivity index (χ4n) is 4.02. The zero-order valence-corrected chi connectivity index (χ0v) is 18.0. The third kappa shape index (κ3) is 3.99. The predicted octanol–water partition coefficient (Wildman–Crippen LogP) is 5.22. The first-order valence-electron chi connectivity index (χ1n) is 10.5. The molecule has 3 aromatic carbocycles. The van der Waals surface area contributed by atoms with Crippen molar-refractivity contribution in [3.8, 4) is 22.5 Å². The van der Waals surface area contributed by atoms with Crippen LogP contribution < -0.4 is 16.0 Å². The number of amides is 3. The number of imidazole rings is 1. The van der Waals surface area contributed by atoms with Crippen molar-refractivity contribution < 1.29 is 18.4 Å². The van der Waals surface area contributed by atoms with Gasteiger partial charge in [0.2, 0.25) is 0 Å². The quantitative estimate of drug-likeness (QED) is 0.337. The average molecular weight is 459 g/mol. The monoisotopic (exact) mass is 459 g/mol. The van der Waals surface area contributed by atoms with Gasteiger partial charge in [0.15, 0.2) is 0 Å². The number of carbonyl (C=O) groups excluding carboxylic acids is 2. The Balaban J connectivity index is 1.43. The molecule has 7 nitrogen and oxygen atoms in total. The molecule has 0 spiro atoms. The van der Waals surface area contributed by atoms with Crippen molar-refractivity contribution in [3.05, 3.63) is 89.2 Å². The van der Waals surface area contributed by atoms with Gasteiger partial charge < -0.3 is 20.9 Å². The largest absolute Gasteiger partial charge is 0.348 e. The number of H-pyrrole nitrogens is 1. The van der Waals surface area contributed by atoms with E-state index in [0.717, 1.165) is 5.69 Å². The van der Waals surface area contributed by atoms with Crippen LogP contribution in [-0.4, -0.2) is 21.9 Å². The zero-order chi connectivity index (χ0) is 23.8. The third-order valence-electron chi connectivity index (χ3n) is 5.52. The number of hydrogen-bond donors (Lipinski definition) is 4. The standard InChI is InChI=1S/C25H19F2N5O2/c1-13-11-28-23(30-13)19-8-7-17(20-12-29-24(33)22(19)20)18-6-5-16(10-21(18)27)32-25(34)31-15-4-2-3-14(26)9-15/h2-11H,12H2,1H3,(H,28,30)(H,29,33)(H2,31,32,34). The Kier molecular flexibility index (Phi) is 5.29. The first kappa shape index (κ1) is 21.3. The number of nitrogens with one attached hydrogen (secondary N) is 4. The molecule has 0 radical (unpaired) electrons. The van der Waals surface area contributed by atoms with Crippen molar-refractivity contribution >= 4 is 23.3 Å². The fourth-order valence-corrected chi connectivity index (χ4v) is 4.02. The topological polar surface area (TPSA) is 98.9 Å². The summed E-state index contributed by atoms with van der Waals surface area (Å²) in [6.45, 7) is 2.14. The van der Waals surface area contributed by atoms with Crippen molar-refractivity contribution in [3.63, 3.8) is 0 Å². The molecule has 2 heterocycles. The van der Waals surface area contributed by atoms with Crippen LogP contribution in [0, 0.1) is 18.6 Å². The van der Waals surface area contributed by atoms with Gasteiger partial charge in [0.05, 0.1) is 5.56 Å². The lowest BCUT2D eigenvalue weighted by atomic mass is 9.92. The number of fused-ring (bicyclic) bond motifs is 1. The predicted molar refractivity (Wildman–Crippen MR) is 124 cm³/mol. The number of anilines is 2. The van der Waals surface area contributed by atoms with Crippen molar-refractivity contribution in [2.45, 2.75) is 13.5 Å². The summed E-state index contributed by atoms with van der Waals surface area (Å²) >= 11 is 0. The number of halogens is 2. The third-order valence-corrected chi connectivity index (χ3v) is 5.52. The lowest BCUT2D eigenvalue weighted by Crippen LogP contribution is -2.19. The van der Waals surface area contributed by atoms with E-state index >= 15 is 4.39 Å². The van der Waals surface area contributed by atoms with Crippen LogP contribution in [0.3, 0.4) is 0 Å². The maximum Gasteiger partial charge on any atom is 0.323 e. The van der Waals surface area contributed by atoms with E-state index < -0.39 is 17.7 Å². The minimum atomic E-state index is -0.633. The summed E-state index contributed by atoms with van der Waals surface area (Å²) in [6.07, 6.45) is 1.68. The molecule has 0 fully saturated rings. The molecule has 9 heteroatoms. The average Bonchev–Trinajstić information content (AvgIpc) is 3.40. The number of rotatable bonds is 4. The second-order valence-electron chi connectivity index (χ2n) is 7.90. The van der Waals surface area contributed by atoms with E-state index in [1.54, 1.807) is 30.5 Å². The molecule has 1 aromatic heterocycles. The lowest BCUT2D eigenvalue weighted by Gasteiger charge is -2.13. The summed E-state index contributed by atoms with van der Waals surface area (Å²) in [7, 11) is 0. The highest BCUT2D eigenvalue weighted by molar-refractivity contribution is 6.06. The molecule has 0 aliphatic carbocycles. The van der Waals surface area contributed by atoms with Crippen LogP contribution in [0.4, 0.5) is 25.0 Å². The zero-order valence-electron chi connectivity index (χ0n) is 18.0. The number of urea groups is 1. The van der Waals surface area contributed by atoms with Gasteiger partial charge in [-0.25, -0.2) is 18.6 Å². The van der Waals surface area contributed by atoms with Crippen LogP contribution >= 0.6 is 0 Å². The molecule has 0 saturated heterocycles. The summed E-state index contributed by atoms with van der Waals surface area (Å²) in [5, 5.41) is 7.82. The van der Waals surface area contributed by atoms with E-state index in [1.165, 1.54) is 30.3 Å². The first-order chi connectivity index (χ1) is 16.4. The van der Waals surface area contributed by atoms with Gasteiger partial charge in [-0.05, 0) is 60.5 Å². The molecule has 3 amide bonds. The molecular formula is C25H19F2N5O2. The van der Waals surface area contributed by atoms with Gasteiger partial charge in [-0.2, -0.15) is 0 Å². The van der Waals surface area contributed by atoms with Crippen LogP contribution in [0.1, 0.15) is 21.6 Å². The van der Waals surface area contributed by atoms with Gasteiger partial charge in [0, 0.05) is 40.9 Å². The minimum Gasteiger partial charge on any atom is -0.348 e. The highest BCUT2D eigenvalue weighted by Gasteiger charge is 2.28. The molecule has 4 aromatic rings. The second-order valence-corrected chi connectivity index (χ2v) is 7.90. The van der Waals surface area contributed by atoms with Crippen molar-refractivity contribution in [2.75, 3.05) is 10.6 Å². The van der Waals surface area contributed by atoms with Crippen molar-refractivity contribution in [1.82, 2.24) is 15.3 Å². The van der Waals surface area contributed by atoms with Crippen LogP contribution in [0.25, 0.3) is 22.5 Å². The summed E-state index contributed by atoms with van der Waals surface area (Å²) in [4.78, 5) is 32.2. The molecule has 0 unspecified atom stereocenters. The van der Waals surface area contributed by atoms with Gasteiger partial charge >= 0.3 is 6.03 Å². The van der Waals surface area contributed by atoms with Crippen LogP contribution in [0.15, 0.2) is 60.8 Å². The Hall–Kier alpha value is -4.53. The highest BCUT2D eigenvalue weighted by atomic mass is 19.1. The van der Waals surface area contributed by atoms with E-state index in [0.29, 0.717) is 33.6 Å². The molecular weight excluding hydrogens is 440 g/mol. The number of carbonyl (C=O) groups is 2. The van der Waals surface area contributed by atoms with Crippen LogP contribution in [-0.2, 0) is 6.54 Å². The van der Waals surface area contributed by atoms with E-state index in [1.807, 2.05) is 6.92 Å². The Morgan fingerprint density at radius 1 is 0.971 bits per heavy atom. The first-order valence-corrected chi connectivity index (χ1v) is 10.5. The van der Waals surface area contributed by atoms with Gasteiger partial charge in [0.1, 0.15) is 17.5 Å². The van der Waals surface area contributed by atoms with E-state index in [4.69, 9.17) is 0 Å². The fraction of sp³-hybridized carbons (Fsp3) is 0.0800. The minimum absolute atomic E-state index is 0.226. The van der Waals surface area contributed by atoms with Crippen molar-refractivity contribution in [1.29, 1.82) is 0 Å². The van der Waals surface area contributed by atoms with Gasteiger partial charge in [-0.15, -0.1) is 0 Å². The molecule has 5 rings (SSSR count). The Bertz CT molecular complexity index is 1450. The summed E-state index contributed by atoms with van der Waals surface area (Å²) in [5.41, 5.74) is 4.02. The summed E-state index contributed by atoms with van der Waals surface area (Å²) in [5.74, 6) is -0.719. The van der Waals surface area contributed by atoms with E-state index in [9.17, 15) is 14.0 Å². The molecule has 0 saturated carbocycles. The number of hydrogen-bond acceptors (Lipinski definition) is 3. The maximum absolute atomic E-state index is 15.1. The van der Waals surface area contributed by atoms with E-state index in [-0.39, 0.29) is 23.8 Å². The number of aryl methyl sites for hydroxylation is 1. The number of aromatic amines is 1. The molecule has 1 aliphatic heterocycles. The van der Waals surface area contributed by atoms with E-state index in [2.05, 4.69) is 25.9 Å². The normalized spacial score (nSPS) is 12.3. The smallest absolute Gasteiger partial charge is 0.323 e. The maximum atomic E-state index is 15.1. The Labute approximate surface area is 193 Å². The number of aromatic nitrogens is 2. The summed E-state index contributed by atoms with van der Waals surface area (Å²) in [6, 6.07) is 12.6. The molecule has 34 heavy (non-hydrogen) atoms. The summed E-state index contributed by atoms with van der Waals surface area (Å²) < 4.78 is 28.4. The van der Waals surface area contributed by atoms with Crippen LogP contribution in [0.2, 0.25) is 0 Å². The Morgan fingerprint density at radius 3 is 2.41 bits per heavy atom. The molecule has 4 N–H and O–H groups in total. The SMILES string of the molecule is Cc1cnc(-c2ccc(-c3ccc(NC(=O)Nc4cccc(F)c4)cc3F)c3c2C(=O)NC3)[nH]1. The van der Waals surface area contributed by atoms with Gasteiger partial charge in [0.25, 0.3) is 5.91 Å². The van der Waals surface area contributed by atoms with Gasteiger partial charge in [-0.3, -0.25) is 4.79 Å². The number of nitrogens with zero attached hydrogens (tertiary/aromatic N) is 1. The molecule has 170 valence electrons. The van der Waals surface area contributed by atoms with Crippen molar-refractivity contribution in [2.24, 2.45) is 0 Å².